The van der Waals surface area contributed by atoms with Crippen molar-refractivity contribution in [2.24, 2.45) is 0 Å². The van der Waals surface area contributed by atoms with Gasteiger partial charge in [0, 0.05) is 11.6 Å². The van der Waals surface area contributed by atoms with E-state index in [9.17, 15) is 4.79 Å². The fraction of sp³-hybridized carbons (Fsp3) is 0.357. The first-order chi connectivity index (χ1) is 8.69. The first kappa shape index (κ1) is 14.1. The van der Waals surface area contributed by atoms with Crippen molar-refractivity contribution in [3.8, 4) is 11.5 Å². The Morgan fingerprint density at radius 1 is 1.44 bits per heavy atom. The predicted octanol–water partition coefficient (Wildman–Crippen LogP) is 2.97. The average Bonchev–Trinajstić information content (AvgIpc) is 2.36. The van der Waals surface area contributed by atoms with Gasteiger partial charge in [-0.3, -0.25) is 0 Å². The molecule has 98 valence electrons. The summed E-state index contributed by atoms with van der Waals surface area (Å²) in [5.74, 6) is 0.207. The summed E-state index contributed by atoms with van der Waals surface area (Å²) in [6.45, 7) is 2.71. The summed E-state index contributed by atoms with van der Waals surface area (Å²) in [4.78, 5) is 10.5. The molecule has 1 rings (SSSR count). The summed E-state index contributed by atoms with van der Waals surface area (Å²) in [5, 5.41) is 8.62. The SMILES string of the molecule is CCCCOc1cccc(/C=C/C(=O)O)c1OC. The van der Waals surface area contributed by atoms with Gasteiger partial charge in [0.1, 0.15) is 0 Å². The van der Waals surface area contributed by atoms with Gasteiger partial charge in [-0.25, -0.2) is 4.79 Å². The Bertz CT molecular complexity index is 424. The van der Waals surface area contributed by atoms with E-state index in [1.165, 1.54) is 6.08 Å². The van der Waals surface area contributed by atoms with Gasteiger partial charge < -0.3 is 14.6 Å². The minimum absolute atomic E-state index is 0.561. The number of rotatable bonds is 7. The Balaban J connectivity index is 2.91. The number of aliphatic carboxylic acids is 1. The highest BCUT2D eigenvalue weighted by Gasteiger charge is 2.08. The van der Waals surface area contributed by atoms with Crippen LogP contribution in [0.5, 0.6) is 11.5 Å². The molecule has 4 nitrogen and oxygen atoms in total. The molecule has 0 aliphatic carbocycles. The number of hydrogen-bond acceptors (Lipinski definition) is 3. The summed E-state index contributed by atoms with van der Waals surface area (Å²) in [5.41, 5.74) is 0.689. The number of benzene rings is 1. The van der Waals surface area contributed by atoms with Crippen LogP contribution in [0, 0.1) is 0 Å². The number of methoxy groups -OCH3 is 1. The van der Waals surface area contributed by atoms with Gasteiger partial charge in [0.05, 0.1) is 13.7 Å². The lowest BCUT2D eigenvalue weighted by Gasteiger charge is -2.12. The smallest absolute Gasteiger partial charge is 0.328 e. The van der Waals surface area contributed by atoms with Crippen molar-refractivity contribution < 1.29 is 19.4 Å². The van der Waals surface area contributed by atoms with Crippen molar-refractivity contribution in [1.29, 1.82) is 0 Å². The topological polar surface area (TPSA) is 55.8 Å². The van der Waals surface area contributed by atoms with E-state index in [1.54, 1.807) is 13.2 Å². The Labute approximate surface area is 107 Å². The van der Waals surface area contributed by atoms with E-state index in [1.807, 2.05) is 12.1 Å². The van der Waals surface area contributed by atoms with Crippen LogP contribution in [0.3, 0.4) is 0 Å². The fourth-order valence-electron chi connectivity index (χ4n) is 1.48. The average molecular weight is 250 g/mol. The van der Waals surface area contributed by atoms with E-state index < -0.39 is 5.97 Å². The maximum absolute atomic E-state index is 10.5. The Kier molecular flexibility index (Phi) is 5.77. The minimum atomic E-state index is -0.991. The highest BCUT2D eigenvalue weighted by Crippen LogP contribution is 2.32. The molecule has 0 radical (unpaired) electrons. The quantitative estimate of drug-likeness (QED) is 0.597. The molecule has 4 heteroatoms. The van der Waals surface area contributed by atoms with E-state index in [0.717, 1.165) is 18.9 Å². The lowest BCUT2D eigenvalue weighted by molar-refractivity contribution is -0.131. The maximum atomic E-state index is 10.5. The van der Waals surface area contributed by atoms with Gasteiger partial charge in [0.2, 0.25) is 0 Å². The van der Waals surface area contributed by atoms with Crippen LogP contribution in [0.4, 0.5) is 0 Å². The molecule has 0 atom stereocenters. The second-order valence-corrected chi connectivity index (χ2v) is 3.75. The first-order valence-electron chi connectivity index (χ1n) is 5.89. The van der Waals surface area contributed by atoms with Crippen LogP contribution in [-0.4, -0.2) is 24.8 Å². The number of carboxylic acids is 1. The standard InChI is InChI=1S/C14H18O4/c1-3-4-10-18-12-7-5-6-11(14(12)17-2)8-9-13(15)16/h5-9H,3-4,10H2,1-2H3,(H,15,16)/b9-8+. The third-order valence-corrected chi connectivity index (χ3v) is 2.37. The monoisotopic (exact) mass is 250 g/mol. The maximum Gasteiger partial charge on any atom is 0.328 e. The van der Waals surface area contributed by atoms with Crippen molar-refractivity contribution in [3.63, 3.8) is 0 Å². The number of unbranched alkanes of at least 4 members (excludes halogenated alkanes) is 1. The summed E-state index contributed by atoms with van der Waals surface area (Å²) in [6.07, 6.45) is 4.60. The number of hydrogen-bond donors (Lipinski definition) is 1. The molecule has 0 saturated heterocycles. The van der Waals surface area contributed by atoms with Crippen LogP contribution < -0.4 is 9.47 Å². The first-order valence-corrected chi connectivity index (χ1v) is 5.89. The molecule has 0 aliphatic rings. The number of carboxylic acid groups (broad SMARTS) is 1. The molecule has 0 amide bonds. The zero-order valence-corrected chi connectivity index (χ0v) is 10.7. The van der Waals surface area contributed by atoms with E-state index in [0.29, 0.717) is 23.7 Å². The Hall–Kier alpha value is -1.97. The largest absolute Gasteiger partial charge is 0.492 e. The van der Waals surface area contributed by atoms with E-state index in [4.69, 9.17) is 14.6 Å². The zero-order chi connectivity index (χ0) is 13.4. The van der Waals surface area contributed by atoms with Gasteiger partial charge >= 0.3 is 5.97 Å². The summed E-state index contributed by atoms with van der Waals surface area (Å²) in [6, 6.07) is 5.41. The second kappa shape index (κ2) is 7.37. The molecule has 1 aromatic carbocycles. The molecule has 0 unspecified atom stereocenters. The van der Waals surface area contributed by atoms with Crippen molar-refractivity contribution in [3.05, 3.63) is 29.8 Å². The molecule has 0 aliphatic heterocycles. The van der Waals surface area contributed by atoms with Gasteiger partial charge in [0.15, 0.2) is 11.5 Å². The number of para-hydroxylation sites is 1. The molecule has 0 fully saturated rings. The summed E-state index contributed by atoms with van der Waals surface area (Å²) < 4.78 is 10.9. The fourth-order valence-corrected chi connectivity index (χ4v) is 1.48. The third kappa shape index (κ3) is 4.13. The van der Waals surface area contributed by atoms with E-state index in [-0.39, 0.29) is 0 Å². The van der Waals surface area contributed by atoms with Crippen molar-refractivity contribution in [1.82, 2.24) is 0 Å². The number of carbonyl (C=O) groups is 1. The molecule has 1 aromatic rings. The van der Waals surface area contributed by atoms with Gasteiger partial charge in [-0.1, -0.05) is 25.5 Å². The van der Waals surface area contributed by atoms with Gasteiger partial charge in [-0.15, -0.1) is 0 Å². The third-order valence-electron chi connectivity index (χ3n) is 2.37. The molecule has 0 saturated carbocycles. The lowest BCUT2D eigenvalue weighted by Crippen LogP contribution is -1.99. The van der Waals surface area contributed by atoms with E-state index in [2.05, 4.69) is 6.92 Å². The highest BCUT2D eigenvalue weighted by molar-refractivity contribution is 5.86. The normalized spacial score (nSPS) is 10.6. The predicted molar refractivity (Wildman–Crippen MR) is 70.1 cm³/mol. The summed E-state index contributed by atoms with van der Waals surface area (Å²) >= 11 is 0. The van der Waals surface area contributed by atoms with Gasteiger partial charge in [-0.05, 0) is 18.6 Å². The molecule has 0 spiro atoms. The zero-order valence-electron chi connectivity index (χ0n) is 10.7. The molecule has 18 heavy (non-hydrogen) atoms. The van der Waals surface area contributed by atoms with Crippen molar-refractivity contribution in [2.75, 3.05) is 13.7 Å². The lowest BCUT2D eigenvalue weighted by atomic mass is 10.1. The van der Waals surface area contributed by atoms with Crippen LogP contribution in [0.15, 0.2) is 24.3 Å². The molecule has 0 heterocycles. The number of ether oxygens (including phenoxy) is 2. The summed E-state index contributed by atoms with van der Waals surface area (Å²) in [7, 11) is 1.54. The van der Waals surface area contributed by atoms with Crippen molar-refractivity contribution >= 4 is 12.0 Å². The van der Waals surface area contributed by atoms with E-state index >= 15 is 0 Å². The van der Waals surface area contributed by atoms with Crippen molar-refractivity contribution in [2.45, 2.75) is 19.8 Å². The Morgan fingerprint density at radius 2 is 2.22 bits per heavy atom. The molecule has 0 bridgehead atoms. The Morgan fingerprint density at radius 3 is 2.83 bits per heavy atom. The molecular weight excluding hydrogens is 232 g/mol. The minimum Gasteiger partial charge on any atom is -0.492 e. The second-order valence-electron chi connectivity index (χ2n) is 3.75. The molecular formula is C14H18O4. The molecule has 0 aromatic heterocycles. The van der Waals surface area contributed by atoms with Gasteiger partial charge in [0.25, 0.3) is 0 Å². The van der Waals surface area contributed by atoms with Crippen LogP contribution in [-0.2, 0) is 4.79 Å². The van der Waals surface area contributed by atoms with Crippen LogP contribution in [0.1, 0.15) is 25.3 Å². The highest BCUT2D eigenvalue weighted by atomic mass is 16.5. The van der Waals surface area contributed by atoms with Crippen LogP contribution >= 0.6 is 0 Å². The van der Waals surface area contributed by atoms with Crippen LogP contribution in [0.2, 0.25) is 0 Å². The molecule has 1 N–H and O–H groups in total. The van der Waals surface area contributed by atoms with Gasteiger partial charge in [-0.2, -0.15) is 0 Å². The van der Waals surface area contributed by atoms with Crippen LogP contribution in [0.25, 0.3) is 6.08 Å².